The number of aromatic amines is 1. The Morgan fingerprint density at radius 1 is 1.09 bits per heavy atom. The maximum absolute atomic E-state index is 14.2. The van der Waals surface area contributed by atoms with E-state index in [-0.39, 0.29) is 33.8 Å². The second kappa shape index (κ2) is 8.07. The zero-order valence-corrected chi connectivity index (χ0v) is 18.1. The van der Waals surface area contributed by atoms with Crippen LogP contribution in [0.3, 0.4) is 0 Å². The molecule has 8 nitrogen and oxygen atoms in total. The van der Waals surface area contributed by atoms with Crippen LogP contribution >= 0.6 is 0 Å². The van der Waals surface area contributed by atoms with Crippen molar-refractivity contribution in [3.8, 4) is 28.7 Å². The van der Waals surface area contributed by atoms with Gasteiger partial charge in [-0.05, 0) is 36.4 Å². The number of fused-ring (bicyclic) bond motifs is 1. The third-order valence-corrected chi connectivity index (χ3v) is 5.37. The quantitative estimate of drug-likeness (QED) is 0.460. The van der Waals surface area contributed by atoms with E-state index in [0.29, 0.717) is 22.7 Å². The zero-order chi connectivity index (χ0) is 23.9. The minimum atomic E-state index is -3.62. The molecule has 168 valence electrons. The molecule has 33 heavy (non-hydrogen) atoms. The van der Waals surface area contributed by atoms with Crippen molar-refractivity contribution in [1.82, 2.24) is 9.55 Å². The van der Waals surface area contributed by atoms with E-state index < -0.39 is 21.7 Å². The van der Waals surface area contributed by atoms with Crippen LogP contribution in [0.2, 0.25) is 0 Å². The number of nitriles is 1. The van der Waals surface area contributed by atoms with Crippen molar-refractivity contribution >= 4 is 26.6 Å². The van der Waals surface area contributed by atoms with Crippen LogP contribution in [0.25, 0.3) is 22.0 Å². The molecule has 0 unspecified atom stereocenters. The standard InChI is InChI=1S/C22H16F2N4O4S/c1-28-11-17(21-16(22(28)29)9-14(10-25)26-21)15-8-13(27-33(2,30)31)4-6-19(15)32-20-5-3-12(23)7-18(20)24/h3-9,11,26-27H,1-2H3. The van der Waals surface area contributed by atoms with Crippen molar-refractivity contribution in [1.29, 1.82) is 5.26 Å². The van der Waals surface area contributed by atoms with Gasteiger partial charge in [-0.3, -0.25) is 9.52 Å². The van der Waals surface area contributed by atoms with Crippen molar-refractivity contribution in [2.75, 3.05) is 11.0 Å². The Morgan fingerprint density at radius 2 is 1.82 bits per heavy atom. The van der Waals surface area contributed by atoms with E-state index >= 15 is 0 Å². The summed E-state index contributed by atoms with van der Waals surface area (Å²) in [5.74, 6) is -1.86. The molecule has 2 aromatic heterocycles. The van der Waals surface area contributed by atoms with Crippen LogP contribution in [-0.2, 0) is 17.1 Å². The number of ether oxygens (including phenoxy) is 1. The van der Waals surface area contributed by atoms with Gasteiger partial charge < -0.3 is 14.3 Å². The van der Waals surface area contributed by atoms with E-state index in [9.17, 15) is 27.3 Å². The first kappa shape index (κ1) is 22.0. The van der Waals surface area contributed by atoms with Crippen LogP contribution in [0.4, 0.5) is 14.5 Å². The number of nitrogens with zero attached hydrogens (tertiary/aromatic N) is 2. The maximum atomic E-state index is 14.2. The molecule has 2 N–H and O–H groups in total. The average molecular weight is 470 g/mol. The van der Waals surface area contributed by atoms with Gasteiger partial charge in [0.25, 0.3) is 5.56 Å². The van der Waals surface area contributed by atoms with Gasteiger partial charge in [0.05, 0.1) is 17.2 Å². The Hall–Kier alpha value is -4.17. The predicted octanol–water partition coefficient (Wildman–Crippen LogP) is 3.85. The number of nitrogens with one attached hydrogen (secondary N) is 2. The first-order valence-electron chi connectivity index (χ1n) is 9.43. The highest BCUT2D eigenvalue weighted by Crippen LogP contribution is 2.39. The summed E-state index contributed by atoms with van der Waals surface area (Å²) >= 11 is 0. The van der Waals surface area contributed by atoms with Crippen LogP contribution in [-0.4, -0.2) is 24.2 Å². The van der Waals surface area contributed by atoms with Crippen molar-refractivity contribution in [2.45, 2.75) is 0 Å². The molecule has 0 radical (unpaired) electrons. The third kappa shape index (κ3) is 4.42. The van der Waals surface area contributed by atoms with E-state index in [1.165, 1.54) is 42.1 Å². The lowest BCUT2D eigenvalue weighted by atomic mass is 10.0. The molecule has 0 spiro atoms. The number of hydrogen-bond donors (Lipinski definition) is 2. The molecule has 0 aliphatic carbocycles. The summed E-state index contributed by atoms with van der Waals surface area (Å²) in [6.07, 6.45) is 2.47. The Morgan fingerprint density at radius 3 is 2.48 bits per heavy atom. The second-order valence-corrected chi connectivity index (χ2v) is 9.05. The number of aryl methyl sites for hydroxylation is 1. The van der Waals surface area contributed by atoms with Gasteiger partial charge in [0.15, 0.2) is 11.6 Å². The van der Waals surface area contributed by atoms with Crippen LogP contribution in [0, 0.1) is 23.0 Å². The number of anilines is 1. The fourth-order valence-corrected chi connectivity index (χ4v) is 3.95. The SMILES string of the molecule is Cn1cc(-c2cc(NS(C)(=O)=O)ccc2Oc2ccc(F)cc2F)c2[nH]c(C#N)cc2c1=O. The number of benzene rings is 2. The Bertz CT molecular complexity index is 1620. The lowest BCUT2D eigenvalue weighted by Gasteiger charge is -2.15. The fourth-order valence-electron chi connectivity index (χ4n) is 3.39. The molecular weight excluding hydrogens is 454 g/mol. The van der Waals surface area contributed by atoms with Gasteiger partial charge in [0, 0.05) is 36.1 Å². The van der Waals surface area contributed by atoms with Crippen molar-refractivity contribution < 1.29 is 21.9 Å². The van der Waals surface area contributed by atoms with E-state index in [1.807, 2.05) is 6.07 Å². The first-order chi connectivity index (χ1) is 15.6. The summed E-state index contributed by atoms with van der Waals surface area (Å²) in [5, 5.41) is 9.50. The van der Waals surface area contributed by atoms with Gasteiger partial charge in [-0.2, -0.15) is 5.26 Å². The summed E-state index contributed by atoms with van der Waals surface area (Å²) in [6, 6.07) is 10.4. The Labute approximate surface area is 186 Å². The minimum absolute atomic E-state index is 0.104. The Kier molecular flexibility index (Phi) is 5.39. The molecule has 0 saturated carbocycles. The number of sulfonamides is 1. The van der Waals surface area contributed by atoms with Crippen molar-refractivity contribution in [3.63, 3.8) is 0 Å². The lowest BCUT2D eigenvalue weighted by Crippen LogP contribution is -2.16. The third-order valence-electron chi connectivity index (χ3n) is 4.77. The molecular formula is C22H16F2N4O4S. The summed E-state index contributed by atoms with van der Waals surface area (Å²) in [5.41, 5.74) is 0.975. The molecule has 4 aromatic rings. The van der Waals surface area contributed by atoms with Gasteiger partial charge >= 0.3 is 0 Å². The highest BCUT2D eigenvalue weighted by Gasteiger charge is 2.19. The number of pyridine rings is 1. The van der Waals surface area contributed by atoms with E-state index in [1.54, 1.807) is 0 Å². The first-order valence-corrected chi connectivity index (χ1v) is 11.3. The van der Waals surface area contributed by atoms with Crippen molar-refractivity contribution in [3.05, 3.63) is 76.3 Å². The minimum Gasteiger partial charge on any atom is -0.454 e. The fraction of sp³-hybridized carbons (Fsp3) is 0.0909. The summed E-state index contributed by atoms with van der Waals surface area (Å²) < 4.78 is 60.4. The van der Waals surface area contributed by atoms with Crippen LogP contribution < -0.4 is 15.0 Å². The van der Waals surface area contributed by atoms with Gasteiger partial charge in [-0.25, -0.2) is 17.2 Å². The van der Waals surface area contributed by atoms with E-state index in [0.717, 1.165) is 18.4 Å². The second-order valence-electron chi connectivity index (χ2n) is 7.30. The van der Waals surface area contributed by atoms with Gasteiger partial charge in [-0.15, -0.1) is 0 Å². The average Bonchev–Trinajstić information content (AvgIpc) is 3.17. The molecule has 4 rings (SSSR count). The molecule has 0 atom stereocenters. The summed E-state index contributed by atoms with van der Waals surface area (Å²) in [6.45, 7) is 0. The summed E-state index contributed by atoms with van der Waals surface area (Å²) in [4.78, 5) is 15.4. The molecule has 11 heteroatoms. The molecule has 0 aliphatic heterocycles. The Balaban J connectivity index is 1.98. The highest BCUT2D eigenvalue weighted by molar-refractivity contribution is 7.92. The number of H-pyrrole nitrogens is 1. The monoisotopic (exact) mass is 470 g/mol. The summed E-state index contributed by atoms with van der Waals surface area (Å²) in [7, 11) is -2.10. The van der Waals surface area contributed by atoms with Crippen molar-refractivity contribution in [2.24, 2.45) is 7.05 Å². The lowest BCUT2D eigenvalue weighted by molar-refractivity contribution is 0.439. The maximum Gasteiger partial charge on any atom is 0.259 e. The molecule has 0 fully saturated rings. The molecule has 0 amide bonds. The van der Waals surface area contributed by atoms with Crippen LogP contribution in [0.1, 0.15) is 5.69 Å². The smallest absolute Gasteiger partial charge is 0.259 e. The van der Waals surface area contributed by atoms with E-state index in [4.69, 9.17) is 4.74 Å². The zero-order valence-electron chi connectivity index (χ0n) is 17.3. The molecule has 0 aliphatic rings. The number of hydrogen-bond acceptors (Lipinski definition) is 5. The van der Waals surface area contributed by atoms with Crippen LogP contribution in [0.15, 0.2) is 53.5 Å². The molecule has 2 aromatic carbocycles. The van der Waals surface area contributed by atoms with Gasteiger partial charge in [0.1, 0.15) is 23.3 Å². The highest BCUT2D eigenvalue weighted by atomic mass is 32.2. The van der Waals surface area contributed by atoms with Gasteiger partial charge in [-0.1, -0.05) is 0 Å². The number of rotatable bonds is 5. The molecule has 0 bridgehead atoms. The normalized spacial score (nSPS) is 11.4. The van der Waals surface area contributed by atoms with Crippen LogP contribution in [0.5, 0.6) is 11.5 Å². The number of halogens is 2. The van der Waals surface area contributed by atoms with Gasteiger partial charge in [0.2, 0.25) is 10.0 Å². The topological polar surface area (TPSA) is 117 Å². The van der Waals surface area contributed by atoms with E-state index in [2.05, 4.69) is 9.71 Å². The molecule has 2 heterocycles. The largest absolute Gasteiger partial charge is 0.454 e. The predicted molar refractivity (Wildman–Crippen MR) is 119 cm³/mol. The number of aromatic nitrogens is 2. The molecule has 0 saturated heterocycles.